The highest BCUT2D eigenvalue weighted by Gasteiger charge is 2.19. The van der Waals surface area contributed by atoms with E-state index in [0.717, 1.165) is 15.7 Å². The summed E-state index contributed by atoms with van der Waals surface area (Å²) < 4.78 is 7.07. The minimum Gasteiger partial charge on any atom is -0.440 e. The molecule has 2 heterocycles. The minimum atomic E-state index is -0.519. The molecule has 6 nitrogen and oxygen atoms in total. The molecule has 0 saturated carbocycles. The Hall–Kier alpha value is -3.15. The number of aryl methyl sites for hydroxylation is 2. The van der Waals surface area contributed by atoms with Gasteiger partial charge in [0, 0.05) is 6.20 Å². The number of benzene rings is 1. The smallest absolute Gasteiger partial charge is 0.331 e. The number of aromatic nitrogens is 3. The van der Waals surface area contributed by atoms with Gasteiger partial charge in [-0.1, -0.05) is 26.0 Å². The first-order valence-electron chi connectivity index (χ1n) is 8.88. The van der Waals surface area contributed by atoms with E-state index in [1.54, 1.807) is 18.3 Å². The molecule has 140 valence electrons. The van der Waals surface area contributed by atoms with Crippen molar-refractivity contribution in [2.45, 2.75) is 40.2 Å². The van der Waals surface area contributed by atoms with E-state index in [1.165, 1.54) is 0 Å². The minimum absolute atomic E-state index is 0.110. The fraction of sp³-hybridized carbons (Fsp3) is 0.286. The molecule has 27 heavy (non-hydrogen) atoms. The lowest BCUT2D eigenvalue weighted by molar-refractivity contribution is 0.439. The highest BCUT2D eigenvalue weighted by atomic mass is 16.5. The number of hydrogen-bond acceptors (Lipinski definition) is 4. The number of H-pyrrole nitrogens is 1. The van der Waals surface area contributed by atoms with Crippen molar-refractivity contribution in [3.8, 4) is 11.6 Å². The summed E-state index contributed by atoms with van der Waals surface area (Å²) in [5, 5.41) is 0. The monoisotopic (exact) mass is 365 g/mol. The van der Waals surface area contributed by atoms with Crippen molar-refractivity contribution < 1.29 is 4.74 Å². The van der Waals surface area contributed by atoms with Crippen LogP contribution in [0.1, 0.15) is 42.1 Å². The van der Waals surface area contributed by atoms with Crippen molar-refractivity contribution in [2.24, 2.45) is 0 Å². The lowest BCUT2D eigenvalue weighted by Crippen LogP contribution is -2.38. The number of hydrogen-bond donors (Lipinski definition) is 1. The Labute approximate surface area is 157 Å². The summed E-state index contributed by atoms with van der Waals surface area (Å²) >= 11 is 0. The van der Waals surface area contributed by atoms with Crippen LogP contribution in [0.5, 0.6) is 11.6 Å². The maximum atomic E-state index is 13.0. The third kappa shape index (κ3) is 4.16. The summed E-state index contributed by atoms with van der Waals surface area (Å²) in [5.41, 5.74) is 2.28. The highest BCUT2D eigenvalue weighted by molar-refractivity contribution is 5.37. The summed E-state index contributed by atoms with van der Waals surface area (Å²) in [6.07, 6.45) is 1.63. The second-order valence-corrected chi connectivity index (χ2v) is 6.97. The van der Waals surface area contributed by atoms with Gasteiger partial charge in [-0.25, -0.2) is 4.79 Å². The first-order valence-corrected chi connectivity index (χ1v) is 8.88. The van der Waals surface area contributed by atoms with Crippen LogP contribution in [-0.2, 0) is 6.54 Å². The summed E-state index contributed by atoms with van der Waals surface area (Å²) in [6, 6.07) is 11.2. The van der Waals surface area contributed by atoms with Gasteiger partial charge in [-0.15, -0.1) is 0 Å². The first kappa shape index (κ1) is 18.6. The van der Waals surface area contributed by atoms with E-state index < -0.39 is 5.69 Å². The average Bonchev–Trinajstić information content (AvgIpc) is 2.58. The zero-order chi connectivity index (χ0) is 19.6. The molecule has 0 aliphatic carbocycles. The van der Waals surface area contributed by atoms with Crippen molar-refractivity contribution in [1.29, 1.82) is 0 Å². The lowest BCUT2D eigenvalue weighted by Gasteiger charge is -2.15. The molecule has 0 atom stereocenters. The third-order valence-corrected chi connectivity index (χ3v) is 4.22. The maximum absolute atomic E-state index is 13.0. The molecule has 3 aromatic rings. The molecule has 0 amide bonds. The average molecular weight is 365 g/mol. The van der Waals surface area contributed by atoms with Crippen molar-refractivity contribution in [3.05, 3.63) is 85.8 Å². The van der Waals surface area contributed by atoms with Gasteiger partial charge in [-0.2, -0.15) is 0 Å². The molecule has 1 N–H and O–H groups in total. The number of rotatable bonds is 5. The number of nitrogens with one attached hydrogen (secondary N) is 1. The number of nitrogens with zero attached hydrogens (tertiary/aromatic N) is 2. The molecule has 0 fully saturated rings. The van der Waals surface area contributed by atoms with Crippen LogP contribution in [0.4, 0.5) is 0 Å². The van der Waals surface area contributed by atoms with E-state index in [-0.39, 0.29) is 23.9 Å². The van der Waals surface area contributed by atoms with Gasteiger partial charge in [0.25, 0.3) is 5.56 Å². The van der Waals surface area contributed by atoms with Gasteiger partial charge in [0.15, 0.2) is 0 Å². The lowest BCUT2D eigenvalue weighted by atomic mass is 10.1. The van der Waals surface area contributed by atoms with Crippen molar-refractivity contribution >= 4 is 0 Å². The number of ether oxygens (including phenoxy) is 1. The van der Waals surface area contributed by atoms with Crippen LogP contribution in [0.2, 0.25) is 0 Å². The van der Waals surface area contributed by atoms with Crippen molar-refractivity contribution in [2.75, 3.05) is 0 Å². The van der Waals surface area contributed by atoms with E-state index in [4.69, 9.17) is 4.74 Å². The van der Waals surface area contributed by atoms with Crippen LogP contribution in [0.15, 0.2) is 52.2 Å². The van der Waals surface area contributed by atoms with Gasteiger partial charge in [-0.3, -0.25) is 19.3 Å². The Kier molecular flexibility index (Phi) is 5.26. The fourth-order valence-electron chi connectivity index (χ4n) is 3.06. The Balaban J connectivity index is 2.07. The van der Waals surface area contributed by atoms with Gasteiger partial charge in [0.05, 0.1) is 17.8 Å². The standard InChI is InChI=1S/C21H23N3O3/c1-13(2)18-19(27-17-10-14(3)9-15(4)11-17)23-21(26)24(20(18)25)12-16-7-5-6-8-22-16/h5-11,13H,12H2,1-4H3,(H,23,26). The Morgan fingerprint density at radius 2 is 1.81 bits per heavy atom. The summed E-state index contributed by atoms with van der Waals surface area (Å²) in [5.74, 6) is 0.666. The van der Waals surface area contributed by atoms with Crippen LogP contribution >= 0.6 is 0 Å². The maximum Gasteiger partial charge on any atom is 0.331 e. The summed E-state index contributed by atoms with van der Waals surface area (Å²) in [7, 11) is 0. The molecule has 2 aromatic heterocycles. The van der Waals surface area contributed by atoms with Gasteiger partial charge in [0.1, 0.15) is 5.75 Å². The largest absolute Gasteiger partial charge is 0.440 e. The molecule has 1 aromatic carbocycles. The normalized spacial score (nSPS) is 11.0. The zero-order valence-electron chi connectivity index (χ0n) is 15.9. The molecular weight excluding hydrogens is 342 g/mol. The molecule has 0 bridgehead atoms. The topological polar surface area (TPSA) is 77.0 Å². The van der Waals surface area contributed by atoms with E-state index in [9.17, 15) is 9.59 Å². The summed E-state index contributed by atoms with van der Waals surface area (Å²) in [4.78, 5) is 32.5. The molecule has 6 heteroatoms. The Morgan fingerprint density at radius 3 is 2.41 bits per heavy atom. The van der Waals surface area contributed by atoms with Gasteiger partial charge < -0.3 is 4.74 Å². The van der Waals surface area contributed by atoms with Gasteiger partial charge in [-0.05, 0) is 55.2 Å². The SMILES string of the molecule is Cc1cc(C)cc(Oc2[nH]c(=O)n(Cc3ccccn3)c(=O)c2C(C)C)c1. The Bertz CT molecular complexity index is 1050. The van der Waals surface area contributed by atoms with Gasteiger partial charge in [0.2, 0.25) is 5.88 Å². The number of pyridine rings is 1. The molecule has 0 unspecified atom stereocenters. The Morgan fingerprint density at radius 1 is 1.11 bits per heavy atom. The van der Waals surface area contributed by atoms with Gasteiger partial charge >= 0.3 is 5.69 Å². The van der Waals surface area contributed by atoms with Crippen LogP contribution in [0, 0.1) is 13.8 Å². The molecule has 3 rings (SSSR count). The van der Waals surface area contributed by atoms with Crippen LogP contribution in [-0.4, -0.2) is 14.5 Å². The predicted molar refractivity (Wildman–Crippen MR) is 105 cm³/mol. The number of aromatic amines is 1. The van der Waals surface area contributed by atoms with Crippen LogP contribution in [0.25, 0.3) is 0 Å². The quantitative estimate of drug-likeness (QED) is 0.751. The molecular formula is C21H23N3O3. The van der Waals surface area contributed by atoms with E-state index >= 15 is 0 Å². The molecule has 0 spiro atoms. The van der Waals surface area contributed by atoms with E-state index in [1.807, 2.05) is 52.0 Å². The highest BCUT2D eigenvalue weighted by Crippen LogP contribution is 2.26. The van der Waals surface area contributed by atoms with Crippen molar-refractivity contribution in [3.63, 3.8) is 0 Å². The second kappa shape index (κ2) is 7.61. The fourth-order valence-corrected chi connectivity index (χ4v) is 3.06. The summed E-state index contributed by atoms with van der Waals surface area (Å²) in [6.45, 7) is 7.84. The van der Waals surface area contributed by atoms with Crippen molar-refractivity contribution in [1.82, 2.24) is 14.5 Å². The molecule has 0 radical (unpaired) electrons. The predicted octanol–water partition coefficient (Wildman–Crippen LogP) is 3.51. The second-order valence-electron chi connectivity index (χ2n) is 6.97. The third-order valence-electron chi connectivity index (χ3n) is 4.22. The van der Waals surface area contributed by atoms with E-state index in [2.05, 4.69) is 9.97 Å². The van der Waals surface area contributed by atoms with Crippen LogP contribution < -0.4 is 16.0 Å². The van der Waals surface area contributed by atoms with Crippen LogP contribution in [0.3, 0.4) is 0 Å². The molecule has 0 aliphatic heterocycles. The van der Waals surface area contributed by atoms with E-state index in [0.29, 0.717) is 17.0 Å². The molecule has 0 aliphatic rings. The molecule has 0 saturated heterocycles. The first-order chi connectivity index (χ1) is 12.8. The zero-order valence-corrected chi connectivity index (χ0v) is 15.9.